The molecule has 2 unspecified atom stereocenters. The third kappa shape index (κ3) is 3.73. The van der Waals surface area contributed by atoms with Gasteiger partial charge in [-0.2, -0.15) is 0 Å². The van der Waals surface area contributed by atoms with E-state index in [1.165, 1.54) is 75.6 Å². The molecule has 6 aromatic rings. The molecule has 2 atom stereocenters. The highest BCUT2D eigenvalue weighted by Crippen LogP contribution is 2.70. The molecule has 1 aromatic heterocycles. The van der Waals surface area contributed by atoms with Crippen LogP contribution >= 0.6 is 0 Å². The van der Waals surface area contributed by atoms with Crippen molar-refractivity contribution in [1.82, 2.24) is 0 Å². The summed E-state index contributed by atoms with van der Waals surface area (Å²) >= 11 is 0. The highest BCUT2D eigenvalue weighted by molar-refractivity contribution is 6.13. The van der Waals surface area contributed by atoms with E-state index in [1.807, 2.05) is 0 Å². The lowest BCUT2D eigenvalue weighted by atomic mass is 9.75. The van der Waals surface area contributed by atoms with E-state index in [2.05, 4.69) is 143 Å². The Bertz CT molecular complexity index is 2230. The van der Waals surface area contributed by atoms with Crippen molar-refractivity contribution < 1.29 is 4.42 Å². The van der Waals surface area contributed by atoms with Gasteiger partial charge in [-0.3, -0.25) is 0 Å². The van der Waals surface area contributed by atoms with Gasteiger partial charge in [-0.05, 0) is 130 Å². The minimum atomic E-state index is -0.0728. The Morgan fingerprint density at radius 3 is 2.13 bits per heavy atom. The first-order valence-electron chi connectivity index (χ1n) is 17.7. The number of fused-ring (bicyclic) bond motifs is 6. The molecule has 2 nitrogen and oxygen atoms in total. The molecular weight excluding hydrogens is 571 g/mol. The minimum Gasteiger partial charge on any atom is -0.456 e. The first-order valence-corrected chi connectivity index (χ1v) is 17.7. The highest BCUT2D eigenvalue weighted by Gasteiger charge is 2.63. The quantitative estimate of drug-likeness (QED) is 0.197. The summed E-state index contributed by atoms with van der Waals surface area (Å²) in [5.41, 5.74) is 14.2. The molecule has 47 heavy (non-hydrogen) atoms. The number of furan rings is 1. The van der Waals surface area contributed by atoms with Crippen LogP contribution in [-0.2, 0) is 16.2 Å². The van der Waals surface area contributed by atoms with E-state index in [0.717, 1.165) is 34.6 Å². The molecule has 0 amide bonds. The zero-order chi connectivity index (χ0) is 31.9. The lowest BCUT2D eigenvalue weighted by molar-refractivity contribution is 0.371. The summed E-state index contributed by atoms with van der Waals surface area (Å²) in [5.74, 6) is 2.84. The van der Waals surface area contributed by atoms with Crippen LogP contribution in [0, 0.1) is 17.8 Å². The zero-order valence-electron chi connectivity index (χ0n) is 28.2. The molecule has 0 aliphatic heterocycles. The summed E-state index contributed by atoms with van der Waals surface area (Å²) in [6.45, 7) is 11.5. The molecule has 0 saturated heterocycles. The van der Waals surface area contributed by atoms with Crippen molar-refractivity contribution in [3.05, 3.63) is 125 Å². The van der Waals surface area contributed by atoms with E-state index in [4.69, 9.17) is 4.42 Å². The van der Waals surface area contributed by atoms with Crippen molar-refractivity contribution in [2.75, 3.05) is 4.90 Å². The fraction of sp³-hybridized carbons (Fsp3) is 0.333. The van der Waals surface area contributed by atoms with E-state index in [-0.39, 0.29) is 10.8 Å². The van der Waals surface area contributed by atoms with Crippen molar-refractivity contribution >= 4 is 39.0 Å². The Balaban J connectivity index is 1.17. The van der Waals surface area contributed by atoms with Gasteiger partial charge in [0, 0.05) is 22.2 Å². The summed E-state index contributed by atoms with van der Waals surface area (Å²) in [5, 5.41) is 2.34. The third-order valence-electron chi connectivity index (χ3n) is 13.0. The van der Waals surface area contributed by atoms with Crippen LogP contribution in [0.15, 0.2) is 108 Å². The Morgan fingerprint density at radius 2 is 1.40 bits per heavy atom. The SMILES string of the molecule is CC(C)(C)c1ccc2c(c1)oc1cccc(N(c3ccc(C45CC6CC4CC6C5)cc3)c3ccc4c(c3)C(C)(C)c3ccccc3-4)c12. The van der Waals surface area contributed by atoms with Gasteiger partial charge < -0.3 is 9.32 Å². The van der Waals surface area contributed by atoms with Gasteiger partial charge >= 0.3 is 0 Å². The van der Waals surface area contributed by atoms with Crippen molar-refractivity contribution in [1.29, 1.82) is 0 Å². The van der Waals surface area contributed by atoms with Crippen LogP contribution in [0.2, 0.25) is 0 Å². The maximum Gasteiger partial charge on any atom is 0.137 e. The fourth-order valence-electron chi connectivity index (χ4n) is 10.6. The van der Waals surface area contributed by atoms with E-state index in [0.29, 0.717) is 5.41 Å². The average molecular weight is 614 g/mol. The number of anilines is 3. The maximum absolute atomic E-state index is 6.61. The molecule has 1 heterocycles. The number of rotatable bonds is 4. The average Bonchev–Trinajstić information content (AvgIpc) is 3.90. The molecule has 0 N–H and O–H groups in total. The van der Waals surface area contributed by atoms with Crippen LogP contribution in [0.5, 0.6) is 0 Å². The summed E-state index contributed by atoms with van der Waals surface area (Å²) in [7, 11) is 0. The standard InChI is InChI=1S/C45H43NO/c1-43(2,3)30-15-19-36-41(23-30)47-40-12-8-11-39(42(36)40)46(32-16-13-29(14-17-32)45-25-27-21-31(45)22-28(27)26-45)33-18-20-35-34-9-6-7-10-37(34)44(4,5)38(35)24-33/h6-20,23-24,27-28,31H,21-22,25-26H2,1-5H3. The summed E-state index contributed by atoms with van der Waals surface area (Å²) < 4.78 is 6.61. The topological polar surface area (TPSA) is 16.4 Å². The van der Waals surface area contributed by atoms with Crippen LogP contribution in [-0.4, -0.2) is 0 Å². The molecule has 5 aromatic carbocycles. The Kier molecular flexibility index (Phi) is 5.43. The van der Waals surface area contributed by atoms with Crippen LogP contribution in [0.4, 0.5) is 17.1 Å². The lowest BCUT2D eigenvalue weighted by Gasteiger charge is -2.32. The van der Waals surface area contributed by atoms with E-state index in [9.17, 15) is 0 Å². The molecule has 5 aliphatic rings. The molecule has 4 bridgehead atoms. The molecule has 4 saturated carbocycles. The second-order valence-corrected chi connectivity index (χ2v) is 16.7. The molecular formula is C45H43NO. The zero-order valence-corrected chi connectivity index (χ0v) is 28.2. The summed E-state index contributed by atoms with van der Waals surface area (Å²) in [6.07, 6.45) is 5.72. The normalized spacial score (nSPS) is 24.8. The first-order chi connectivity index (χ1) is 22.6. The van der Waals surface area contributed by atoms with Gasteiger partial charge in [0.05, 0.1) is 11.1 Å². The van der Waals surface area contributed by atoms with Crippen molar-refractivity contribution in [3.8, 4) is 11.1 Å². The Labute approximate surface area is 278 Å². The van der Waals surface area contributed by atoms with Crippen molar-refractivity contribution in [2.24, 2.45) is 17.8 Å². The molecule has 0 radical (unpaired) electrons. The van der Waals surface area contributed by atoms with E-state index in [1.54, 1.807) is 5.56 Å². The predicted molar refractivity (Wildman–Crippen MR) is 195 cm³/mol. The number of hydrogen-bond donors (Lipinski definition) is 0. The van der Waals surface area contributed by atoms with Gasteiger partial charge in [0.2, 0.25) is 0 Å². The van der Waals surface area contributed by atoms with Gasteiger partial charge in [0.25, 0.3) is 0 Å². The second kappa shape index (κ2) is 9.19. The molecule has 11 rings (SSSR count). The van der Waals surface area contributed by atoms with Crippen LogP contribution in [0.25, 0.3) is 33.1 Å². The second-order valence-electron chi connectivity index (χ2n) is 16.7. The number of benzene rings is 5. The molecule has 0 spiro atoms. The van der Waals surface area contributed by atoms with Crippen molar-refractivity contribution in [3.63, 3.8) is 0 Å². The molecule has 5 aliphatic carbocycles. The highest BCUT2D eigenvalue weighted by atomic mass is 16.3. The molecule has 4 fully saturated rings. The minimum absolute atomic E-state index is 0.0528. The summed E-state index contributed by atoms with van der Waals surface area (Å²) in [4.78, 5) is 2.49. The largest absolute Gasteiger partial charge is 0.456 e. The smallest absolute Gasteiger partial charge is 0.137 e. The van der Waals surface area contributed by atoms with Gasteiger partial charge in [0.15, 0.2) is 0 Å². The van der Waals surface area contributed by atoms with Gasteiger partial charge in [-0.1, -0.05) is 95.3 Å². The number of nitrogens with zero attached hydrogens (tertiary/aromatic N) is 1. The van der Waals surface area contributed by atoms with Gasteiger partial charge in [-0.25, -0.2) is 0 Å². The maximum atomic E-state index is 6.61. The Morgan fingerprint density at radius 1 is 0.681 bits per heavy atom. The lowest BCUT2D eigenvalue weighted by Crippen LogP contribution is -2.24. The van der Waals surface area contributed by atoms with E-state index < -0.39 is 0 Å². The van der Waals surface area contributed by atoms with Gasteiger partial charge in [-0.15, -0.1) is 0 Å². The van der Waals surface area contributed by atoms with Crippen LogP contribution in [0.1, 0.15) is 82.6 Å². The molecule has 234 valence electrons. The Hall–Kier alpha value is -4.30. The predicted octanol–water partition coefficient (Wildman–Crippen LogP) is 12.3. The van der Waals surface area contributed by atoms with Gasteiger partial charge in [0.1, 0.15) is 11.2 Å². The monoisotopic (exact) mass is 613 g/mol. The van der Waals surface area contributed by atoms with Crippen LogP contribution < -0.4 is 4.90 Å². The first kappa shape index (κ1) is 27.8. The van der Waals surface area contributed by atoms with E-state index >= 15 is 0 Å². The van der Waals surface area contributed by atoms with Crippen LogP contribution in [0.3, 0.4) is 0 Å². The summed E-state index contributed by atoms with van der Waals surface area (Å²) in [6, 6.07) is 39.2. The third-order valence-corrected chi connectivity index (χ3v) is 13.0. The molecule has 2 heteroatoms. The fourth-order valence-corrected chi connectivity index (χ4v) is 10.6. The van der Waals surface area contributed by atoms with Crippen molar-refractivity contribution in [2.45, 2.75) is 76.5 Å². The number of hydrogen-bond acceptors (Lipinski definition) is 2.